The van der Waals surface area contributed by atoms with Crippen molar-refractivity contribution in [2.45, 2.75) is 38.0 Å². The summed E-state index contributed by atoms with van der Waals surface area (Å²) in [6.07, 6.45) is 5.55. The summed E-state index contributed by atoms with van der Waals surface area (Å²) >= 11 is 0. The topological polar surface area (TPSA) is 73.0 Å². The van der Waals surface area contributed by atoms with Gasteiger partial charge >= 0.3 is 5.69 Å². The Morgan fingerprint density at radius 3 is 2.59 bits per heavy atom. The molecule has 0 saturated heterocycles. The van der Waals surface area contributed by atoms with Crippen molar-refractivity contribution in [3.8, 4) is 0 Å². The van der Waals surface area contributed by atoms with Crippen LogP contribution >= 0.6 is 0 Å². The third-order valence-corrected chi connectivity index (χ3v) is 3.46. The van der Waals surface area contributed by atoms with Crippen LogP contribution in [0.15, 0.2) is 0 Å². The highest BCUT2D eigenvalue weighted by Gasteiger charge is 2.31. The Morgan fingerprint density at radius 2 is 2.06 bits per heavy atom. The number of rotatable bonds is 3. The van der Waals surface area contributed by atoms with Crippen molar-refractivity contribution >= 4 is 11.5 Å². The molecule has 1 aromatic rings. The first-order chi connectivity index (χ1) is 8.15. The summed E-state index contributed by atoms with van der Waals surface area (Å²) in [6.45, 7) is 0. The summed E-state index contributed by atoms with van der Waals surface area (Å²) in [5.74, 6) is 0.744. The van der Waals surface area contributed by atoms with Gasteiger partial charge in [-0.1, -0.05) is 19.3 Å². The van der Waals surface area contributed by atoms with E-state index in [1.807, 2.05) is 0 Å². The van der Waals surface area contributed by atoms with Gasteiger partial charge in [0.25, 0.3) is 0 Å². The summed E-state index contributed by atoms with van der Waals surface area (Å²) < 4.78 is 1.57. The first-order valence-corrected chi connectivity index (χ1v) is 6.04. The minimum atomic E-state index is -0.317. The molecule has 0 bridgehead atoms. The van der Waals surface area contributed by atoms with E-state index in [-0.39, 0.29) is 16.5 Å². The van der Waals surface area contributed by atoms with Crippen molar-refractivity contribution in [3.05, 3.63) is 15.8 Å². The molecule has 0 spiro atoms. The van der Waals surface area contributed by atoms with E-state index in [1.165, 1.54) is 6.42 Å². The van der Waals surface area contributed by atoms with Gasteiger partial charge in [-0.25, -0.2) is 4.68 Å². The molecule has 1 heterocycles. The third-order valence-electron chi connectivity index (χ3n) is 3.46. The average molecular weight is 238 g/mol. The Balaban J connectivity index is 2.41. The van der Waals surface area contributed by atoms with Crippen molar-refractivity contribution in [2.75, 3.05) is 12.4 Å². The molecule has 6 heteroatoms. The molecule has 1 aliphatic rings. The Labute approximate surface area is 100 Å². The summed E-state index contributed by atoms with van der Waals surface area (Å²) in [5.41, 5.74) is 0.809. The molecular formula is C11H18N4O2. The van der Waals surface area contributed by atoms with Gasteiger partial charge in [0.2, 0.25) is 5.82 Å². The molecule has 0 unspecified atom stereocenters. The van der Waals surface area contributed by atoms with E-state index in [0.717, 1.165) is 25.7 Å². The SMILES string of the molecule is CNc1c([N+](=O)[O-])c(C2CCCCC2)nn1C. The lowest BCUT2D eigenvalue weighted by Crippen LogP contribution is -2.07. The predicted octanol–water partition coefficient (Wildman–Crippen LogP) is 2.42. The fraction of sp³-hybridized carbons (Fsp3) is 0.727. The van der Waals surface area contributed by atoms with E-state index in [1.54, 1.807) is 18.8 Å². The lowest BCUT2D eigenvalue weighted by Gasteiger charge is -2.18. The van der Waals surface area contributed by atoms with Gasteiger partial charge in [0.15, 0.2) is 0 Å². The number of nitro groups is 1. The second kappa shape index (κ2) is 4.73. The van der Waals surface area contributed by atoms with E-state index in [4.69, 9.17) is 0 Å². The summed E-state index contributed by atoms with van der Waals surface area (Å²) in [6, 6.07) is 0. The zero-order valence-corrected chi connectivity index (χ0v) is 10.3. The van der Waals surface area contributed by atoms with Crippen LogP contribution < -0.4 is 5.32 Å². The van der Waals surface area contributed by atoms with Crippen LogP contribution in [0.1, 0.15) is 43.7 Å². The molecule has 0 aliphatic heterocycles. The highest BCUT2D eigenvalue weighted by Crippen LogP contribution is 2.39. The zero-order chi connectivity index (χ0) is 12.4. The van der Waals surface area contributed by atoms with Crippen molar-refractivity contribution in [3.63, 3.8) is 0 Å². The van der Waals surface area contributed by atoms with Gasteiger partial charge in [-0.2, -0.15) is 5.10 Å². The zero-order valence-electron chi connectivity index (χ0n) is 10.3. The van der Waals surface area contributed by atoms with E-state index in [2.05, 4.69) is 10.4 Å². The van der Waals surface area contributed by atoms with Crippen LogP contribution in [-0.2, 0) is 7.05 Å². The third kappa shape index (κ3) is 2.11. The monoisotopic (exact) mass is 238 g/mol. The van der Waals surface area contributed by atoms with Crippen molar-refractivity contribution in [2.24, 2.45) is 7.05 Å². The van der Waals surface area contributed by atoms with Crippen LogP contribution in [0.3, 0.4) is 0 Å². The molecule has 94 valence electrons. The van der Waals surface area contributed by atoms with Crippen LogP contribution in [0.4, 0.5) is 11.5 Å². The van der Waals surface area contributed by atoms with E-state index >= 15 is 0 Å². The first-order valence-electron chi connectivity index (χ1n) is 6.04. The molecule has 17 heavy (non-hydrogen) atoms. The predicted molar refractivity (Wildman–Crippen MR) is 65.2 cm³/mol. The summed E-state index contributed by atoms with van der Waals surface area (Å²) in [4.78, 5) is 10.9. The van der Waals surface area contributed by atoms with Crippen LogP contribution in [-0.4, -0.2) is 21.8 Å². The quantitative estimate of drug-likeness (QED) is 0.648. The van der Waals surface area contributed by atoms with Crippen LogP contribution in [0, 0.1) is 10.1 Å². The Kier molecular flexibility index (Phi) is 3.31. The standard InChI is InChI=1S/C11H18N4O2/c1-12-11-10(15(16)17)9(13-14(11)2)8-6-4-3-5-7-8/h8,12H,3-7H2,1-2H3. The molecule has 0 radical (unpaired) electrons. The van der Waals surface area contributed by atoms with Gasteiger partial charge < -0.3 is 5.32 Å². The maximum Gasteiger partial charge on any atom is 0.334 e. The van der Waals surface area contributed by atoms with Gasteiger partial charge in [-0.3, -0.25) is 10.1 Å². The minimum Gasteiger partial charge on any atom is -0.368 e. The fourth-order valence-corrected chi connectivity index (χ4v) is 2.64. The smallest absolute Gasteiger partial charge is 0.334 e. The number of aryl methyl sites for hydroxylation is 1. The Bertz CT molecular complexity index is 421. The first kappa shape index (κ1) is 11.9. The fourth-order valence-electron chi connectivity index (χ4n) is 2.64. The van der Waals surface area contributed by atoms with Crippen molar-refractivity contribution in [1.29, 1.82) is 0 Å². The maximum atomic E-state index is 11.2. The highest BCUT2D eigenvalue weighted by molar-refractivity contribution is 5.60. The van der Waals surface area contributed by atoms with Gasteiger partial charge in [-0.05, 0) is 12.8 Å². The molecule has 1 aromatic heterocycles. The van der Waals surface area contributed by atoms with Crippen LogP contribution in [0.25, 0.3) is 0 Å². The lowest BCUT2D eigenvalue weighted by molar-refractivity contribution is -0.384. The van der Waals surface area contributed by atoms with Crippen molar-refractivity contribution in [1.82, 2.24) is 9.78 Å². The number of hydrogen-bond donors (Lipinski definition) is 1. The van der Waals surface area contributed by atoms with Gasteiger partial charge in [-0.15, -0.1) is 0 Å². The van der Waals surface area contributed by atoms with E-state index in [9.17, 15) is 10.1 Å². The second-order valence-corrected chi connectivity index (χ2v) is 4.55. The summed E-state index contributed by atoms with van der Waals surface area (Å²) in [5, 5.41) is 18.4. The number of nitrogens with one attached hydrogen (secondary N) is 1. The number of aromatic nitrogens is 2. The van der Waals surface area contributed by atoms with Crippen LogP contribution in [0.5, 0.6) is 0 Å². The van der Waals surface area contributed by atoms with Gasteiger partial charge in [0.1, 0.15) is 5.69 Å². The summed E-state index contributed by atoms with van der Waals surface area (Å²) in [7, 11) is 3.43. The maximum absolute atomic E-state index is 11.2. The molecule has 1 fully saturated rings. The lowest BCUT2D eigenvalue weighted by atomic mass is 9.86. The molecule has 1 saturated carbocycles. The van der Waals surface area contributed by atoms with Crippen LogP contribution in [0.2, 0.25) is 0 Å². The van der Waals surface area contributed by atoms with Crippen molar-refractivity contribution < 1.29 is 4.92 Å². The highest BCUT2D eigenvalue weighted by atomic mass is 16.6. The molecule has 0 aromatic carbocycles. The number of nitrogens with zero attached hydrogens (tertiary/aromatic N) is 3. The minimum absolute atomic E-state index is 0.155. The Morgan fingerprint density at radius 1 is 1.41 bits per heavy atom. The van der Waals surface area contributed by atoms with E-state index < -0.39 is 0 Å². The van der Waals surface area contributed by atoms with E-state index in [0.29, 0.717) is 11.5 Å². The largest absolute Gasteiger partial charge is 0.368 e. The number of anilines is 1. The molecule has 0 atom stereocenters. The molecule has 0 amide bonds. The Hall–Kier alpha value is -1.59. The molecule has 1 N–H and O–H groups in total. The molecule has 6 nitrogen and oxygen atoms in total. The normalized spacial score (nSPS) is 17.1. The second-order valence-electron chi connectivity index (χ2n) is 4.55. The molecule has 2 rings (SSSR count). The average Bonchev–Trinajstić information content (AvgIpc) is 2.67. The van der Waals surface area contributed by atoms with Gasteiger partial charge in [0, 0.05) is 20.0 Å². The number of hydrogen-bond acceptors (Lipinski definition) is 4. The molecule has 1 aliphatic carbocycles. The molecular weight excluding hydrogens is 220 g/mol. The van der Waals surface area contributed by atoms with Gasteiger partial charge in [0.05, 0.1) is 4.92 Å².